The lowest BCUT2D eigenvalue weighted by Gasteiger charge is -2.17. The van der Waals surface area contributed by atoms with E-state index in [1.54, 1.807) is 6.92 Å². The first kappa shape index (κ1) is 19.4. The van der Waals surface area contributed by atoms with Gasteiger partial charge in [0.15, 0.2) is 0 Å². The van der Waals surface area contributed by atoms with Crippen LogP contribution in [0.15, 0.2) is 24.3 Å². The first-order valence-corrected chi connectivity index (χ1v) is 8.45. The fourth-order valence-electron chi connectivity index (χ4n) is 2.83. The molecule has 138 valence electrons. The topological polar surface area (TPSA) is 109 Å². The Bertz CT molecular complexity index is 685. The van der Waals surface area contributed by atoms with E-state index in [-0.39, 0.29) is 43.9 Å². The van der Waals surface area contributed by atoms with E-state index >= 15 is 0 Å². The summed E-state index contributed by atoms with van der Waals surface area (Å²) in [4.78, 5) is 72.2. The number of ketones is 2. The van der Waals surface area contributed by atoms with Crippen LogP contribution < -0.4 is 0 Å². The average molecular weight is 360 g/mol. The maximum Gasteiger partial charge on any atom is 0.253 e. The Morgan fingerprint density at radius 3 is 1.65 bits per heavy atom. The Kier molecular flexibility index (Phi) is 6.32. The van der Waals surface area contributed by atoms with Crippen LogP contribution in [0.5, 0.6) is 0 Å². The molecule has 8 nitrogen and oxygen atoms in total. The molecule has 2 heterocycles. The fourth-order valence-corrected chi connectivity index (χ4v) is 2.83. The Morgan fingerprint density at radius 2 is 1.23 bits per heavy atom. The van der Waals surface area contributed by atoms with Crippen LogP contribution in [0.4, 0.5) is 0 Å². The van der Waals surface area contributed by atoms with Crippen molar-refractivity contribution in [3.63, 3.8) is 0 Å². The van der Waals surface area contributed by atoms with E-state index < -0.39 is 29.5 Å². The molecule has 2 aliphatic rings. The summed E-state index contributed by atoms with van der Waals surface area (Å²) in [6.07, 6.45) is 5.08. The minimum absolute atomic E-state index is 0.00202. The van der Waals surface area contributed by atoms with E-state index in [0.29, 0.717) is 6.42 Å². The molecule has 0 bridgehead atoms. The molecule has 8 heteroatoms. The SMILES string of the molecule is CC[C@@H](CC(=O)CCN1C(=O)C=CC1=O)C(=O)CCN1C(=O)C=CC1=O. The maximum atomic E-state index is 12.3. The number of carbonyl (C=O) groups excluding carboxylic acids is 6. The van der Waals surface area contributed by atoms with Crippen molar-refractivity contribution in [3.05, 3.63) is 24.3 Å². The molecule has 2 rings (SSSR count). The van der Waals surface area contributed by atoms with Crippen molar-refractivity contribution in [2.45, 2.75) is 32.6 Å². The van der Waals surface area contributed by atoms with Gasteiger partial charge in [-0.05, 0) is 6.42 Å². The zero-order chi connectivity index (χ0) is 19.3. The number of carbonyl (C=O) groups is 6. The smallest absolute Gasteiger partial charge is 0.253 e. The van der Waals surface area contributed by atoms with Crippen LogP contribution >= 0.6 is 0 Å². The maximum absolute atomic E-state index is 12.3. The minimum Gasteiger partial charge on any atom is -0.300 e. The summed E-state index contributed by atoms with van der Waals surface area (Å²) in [5.41, 5.74) is 0. The molecule has 0 saturated heterocycles. The monoisotopic (exact) mass is 360 g/mol. The van der Waals surface area contributed by atoms with Crippen LogP contribution in [0.2, 0.25) is 0 Å². The highest BCUT2D eigenvalue weighted by Gasteiger charge is 2.27. The third kappa shape index (κ3) is 4.59. The van der Waals surface area contributed by atoms with Gasteiger partial charge in [-0.3, -0.25) is 38.6 Å². The number of imide groups is 2. The van der Waals surface area contributed by atoms with Gasteiger partial charge >= 0.3 is 0 Å². The van der Waals surface area contributed by atoms with Crippen molar-refractivity contribution >= 4 is 35.2 Å². The molecule has 0 aromatic heterocycles. The first-order chi connectivity index (χ1) is 12.3. The molecule has 0 saturated carbocycles. The summed E-state index contributed by atoms with van der Waals surface area (Å²) in [6.45, 7) is 1.77. The summed E-state index contributed by atoms with van der Waals surface area (Å²) in [5.74, 6) is -2.69. The summed E-state index contributed by atoms with van der Waals surface area (Å²) < 4.78 is 0. The molecule has 1 atom stereocenters. The largest absolute Gasteiger partial charge is 0.300 e. The minimum atomic E-state index is -0.508. The molecule has 26 heavy (non-hydrogen) atoms. The number of nitrogens with zero attached hydrogens (tertiary/aromatic N) is 2. The van der Waals surface area contributed by atoms with Gasteiger partial charge in [0.25, 0.3) is 23.6 Å². The second-order valence-electron chi connectivity index (χ2n) is 6.14. The zero-order valence-corrected chi connectivity index (χ0v) is 14.5. The third-order valence-corrected chi connectivity index (χ3v) is 4.42. The van der Waals surface area contributed by atoms with Gasteiger partial charge < -0.3 is 0 Å². The van der Waals surface area contributed by atoms with E-state index in [9.17, 15) is 28.8 Å². The lowest BCUT2D eigenvalue weighted by atomic mass is 9.92. The molecule has 0 radical (unpaired) electrons. The van der Waals surface area contributed by atoms with Crippen molar-refractivity contribution in [1.82, 2.24) is 9.80 Å². The van der Waals surface area contributed by atoms with Gasteiger partial charge in [-0.25, -0.2) is 0 Å². The highest BCUT2D eigenvalue weighted by Crippen LogP contribution is 2.16. The van der Waals surface area contributed by atoms with E-state index in [2.05, 4.69) is 0 Å². The van der Waals surface area contributed by atoms with Crippen molar-refractivity contribution in [2.75, 3.05) is 13.1 Å². The Labute approximate surface area is 150 Å². The first-order valence-electron chi connectivity index (χ1n) is 8.45. The molecule has 4 amide bonds. The van der Waals surface area contributed by atoms with Crippen LogP contribution in [-0.4, -0.2) is 58.1 Å². The van der Waals surface area contributed by atoms with Crippen LogP contribution in [-0.2, 0) is 28.8 Å². The van der Waals surface area contributed by atoms with E-state index in [0.717, 1.165) is 34.1 Å². The second kappa shape index (κ2) is 8.46. The van der Waals surface area contributed by atoms with Crippen molar-refractivity contribution in [1.29, 1.82) is 0 Å². The van der Waals surface area contributed by atoms with Gasteiger partial charge in [0.2, 0.25) is 0 Å². The second-order valence-corrected chi connectivity index (χ2v) is 6.14. The number of rotatable bonds is 10. The summed E-state index contributed by atoms with van der Waals surface area (Å²) in [7, 11) is 0. The van der Waals surface area contributed by atoms with Crippen molar-refractivity contribution in [2.24, 2.45) is 5.92 Å². The zero-order valence-electron chi connectivity index (χ0n) is 14.5. The Morgan fingerprint density at radius 1 is 0.808 bits per heavy atom. The van der Waals surface area contributed by atoms with Gasteiger partial charge in [-0.2, -0.15) is 0 Å². The molecule has 0 aliphatic carbocycles. The average Bonchev–Trinajstić information content (AvgIpc) is 3.10. The lowest BCUT2D eigenvalue weighted by molar-refractivity contribution is -0.139. The van der Waals surface area contributed by atoms with Crippen LogP contribution in [0, 0.1) is 5.92 Å². The van der Waals surface area contributed by atoms with Gasteiger partial charge in [0, 0.05) is 62.6 Å². The van der Waals surface area contributed by atoms with Crippen molar-refractivity contribution in [3.8, 4) is 0 Å². The lowest BCUT2D eigenvalue weighted by Crippen LogP contribution is -2.34. The highest BCUT2D eigenvalue weighted by atomic mass is 16.2. The van der Waals surface area contributed by atoms with Crippen LogP contribution in [0.25, 0.3) is 0 Å². The molecule has 0 N–H and O–H groups in total. The fraction of sp³-hybridized carbons (Fsp3) is 0.444. The molecule has 2 aliphatic heterocycles. The molecular formula is C18H20N2O6. The molecule has 0 fully saturated rings. The molecule has 0 unspecified atom stereocenters. The third-order valence-electron chi connectivity index (χ3n) is 4.42. The van der Waals surface area contributed by atoms with Crippen molar-refractivity contribution < 1.29 is 28.8 Å². The summed E-state index contributed by atoms with van der Waals surface area (Å²) in [6, 6.07) is 0. The predicted molar refractivity (Wildman–Crippen MR) is 89.4 cm³/mol. The van der Waals surface area contributed by atoms with Gasteiger partial charge in [-0.15, -0.1) is 0 Å². The molecular weight excluding hydrogens is 340 g/mol. The number of Topliss-reactive ketones (excluding diaryl/α,β-unsaturated/α-hetero) is 2. The van der Waals surface area contributed by atoms with E-state index in [4.69, 9.17) is 0 Å². The Hall–Kier alpha value is -2.90. The summed E-state index contributed by atoms with van der Waals surface area (Å²) in [5, 5.41) is 0. The predicted octanol–water partition coefficient (Wildman–Crippen LogP) is 0.171. The number of hydrogen-bond acceptors (Lipinski definition) is 6. The standard InChI is InChI=1S/C18H20N2O6/c1-2-12(14(22)8-10-20-17(25)5-6-18(20)26)11-13(21)7-9-19-15(23)3-4-16(19)24/h3-6,12H,2,7-11H2,1H3/t12-/m0/s1. The van der Waals surface area contributed by atoms with E-state index in [1.807, 2.05) is 0 Å². The normalized spacial score (nSPS) is 17.6. The molecule has 0 aromatic rings. The van der Waals surface area contributed by atoms with Crippen LogP contribution in [0.3, 0.4) is 0 Å². The Balaban J connectivity index is 1.78. The molecule has 0 aromatic carbocycles. The summed E-state index contributed by atoms with van der Waals surface area (Å²) >= 11 is 0. The number of hydrogen-bond donors (Lipinski definition) is 0. The van der Waals surface area contributed by atoms with E-state index in [1.165, 1.54) is 0 Å². The van der Waals surface area contributed by atoms with Crippen LogP contribution in [0.1, 0.15) is 32.6 Å². The van der Waals surface area contributed by atoms with Gasteiger partial charge in [-0.1, -0.05) is 6.92 Å². The quantitative estimate of drug-likeness (QED) is 0.514. The number of amides is 4. The van der Waals surface area contributed by atoms with Gasteiger partial charge in [0.05, 0.1) is 0 Å². The van der Waals surface area contributed by atoms with Gasteiger partial charge in [0.1, 0.15) is 11.6 Å². The molecule has 0 spiro atoms. The highest BCUT2D eigenvalue weighted by molar-refractivity contribution is 6.13.